The minimum Gasteiger partial charge on any atom is -0.373 e. The minimum atomic E-state index is -4.87. The predicted molar refractivity (Wildman–Crippen MR) is 100 cm³/mol. The van der Waals surface area contributed by atoms with Gasteiger partial charge in [-0.25, -0.2) is 0 Å². The third-order valence-corrected chi connectivity index (χ3v) is 5.72. The van der Waals surface area contributed by atoms with Crippen molar-refractivity contribution in [3.8, 4) is 0 Å². The van der Waals surface area contributed by atoms with E-state index in [0.717, 1.165) is 19.3 Å². The van der Waals surface area contributed by atoms with E-state index in [-0.39, 0.29) is 17.4 Å². The van der Waals surface area contributed by atoms with Crippen molar-refractivity contribution in [3.63, 3.8) is 0 Å². The lowest BCUT2D eigenvalue weighted by Gasteiger charge is -2.38. The summed E-state index contributed by atoms with van der Waals surface area (Å²) < 4.78 is 12.1. The fourth-order valence-electron chi connectivity index (χ4n) is 3.01. The molecule has 0 rings (SSSR count). The van der Waals surface area contributed by atoms with E-state index in [9.17, 15) is 19.5 Å². The Bertz CT molecular complexity index is 471. The molecule has 25 heavy (non-hydrogen) atoms. The first-order chi connectivity index (χ1) is 11.5. The Kier molecular flexibility index (Phi) is 10.9. The molecule has 0 bridgehead atoms. The zero-order valence-electron chi connectivity index (χ0n) is 16.1. The largest absolute Gasteiger partial charge is 0.373 e. The maximum absolute atomic E-state index is 11.9. The van der Waals surface area contributed by atoms with Gasteiger partial charge in [0, 0.05) is 4.91 Å². The smallest absolute Gasteiger partial charge is 0.363 e. The third kappa shape index (κ3) is 9.59. The van der Waals surface area contributed by atoms with Crippen LogP contribution in [0.25, 0.3) is 10.4 Å². The van der Waals surface area contributed by atoms with E-state index in [1.807, 2.05) is 0 Å². The molecule has 0 aromatic carbocycles. The summed E-state index contributed by atoms with van der Waals surface area (Å²) in [6, 6.07) is -1.14. The van der Waals surface area contributed by atoms with Gasteiger partial charge in [0.1, 0.15) is 6.54 Å². The van der Waals surface area contributed by atoms with Gasteiger partial charge in [-0.15, -0.1) is 0 Å². The molecule has 0 aliphatic heterocycles. The van der Waals surface area contributed by atoms with Crippen LogP contribution in [-0.2, 0) is 4.57 Å². The van der Waals surface area contributed by atoms with E-state index >= 15 is 0 Å². The second kappa shape index (κ2) is 11.2. The molecular weight excluding hydrogens is 343 g/mol. The Morgan fingerprint density at radius 3 is 1.96 bits per heavy atom. The highest BCUT2D eigenvalue weighted by molar-refractivity contribution is 7.53. The van der Waals surface area contributed by atoms with Gasteiger partial charge in [-0.1, -0.05) is 63.4 Å². The molecule has 0 spiro atoms. The molecule has 0 heterocycles. The second-order valence-corrected chi connectivity index (χ2v) is 9.72. The zero-order chi connectivity index (χ0) is 19.6. The first kappa shape index (κ1) is 24.4. The number of hydrogen-bond donors (Lipinski definition) is 3. The molecule has 0 saturated carbocycles. The average molecular weight is 379 g/mol. The molecule has 0 fully saturated rings. The van der Waals surface area contributed by atoms with E-state index in [1.54, 1.807) is 21.1 Å². The van der Waals surface area contributed by atoms with Crippen LogP contribution in [0.5, 0.6) is 0 Å². The topological polar surface area (TPSA) is 127 Å². The first-order valence-corrected chi connectivity index (χ1v) is 10.7. The van der Waals surface area contributed by atoms with Crippen LogP contribution < -0.4 is 0 Å². The van der Waals surface area contributed by atoms with Crippen molar-refractivity contribution in [2.24, 2.45) is 5.11 Å². The average Bonchev–Trinajstić information content (AvgIpc) is 2.45. The van der Waals surface area contributed by atoms with Gasteiger partial charge in [-0.05, 0) is 12.0 Å². The van der Waals surface area contributed by atoms with Crippen LogP contribution in [-0.4, -0.2) is 58.4 Å². The molecule has 3 N–H and O–H groups in total. The quantitative estimate of drug-likeness (QED) is 0.106. The lowest BCUT2D eigenvalue weighted by atomic mass is 10.0. The molecule has 0 aromatic heterocycles. The summed E-state index contributed by atoms with van der Waals surface area (Å²) in [4.78, 5) is 22.1. The van der Waals surface area contributed by atoms with Gasteiger partial charge in [-0.2, -0.15) is 0 Å². The number of azide groups is 1. The van der Waals surface area contributed by atoms with Crippen molar-refractivity contribution in [1.82, 2.24) is 0 Å². The van der Waals surface area contributed by atoms with Crippen LogP contribution in [0.4, 0.5) is 0 Å². The van der Waals surface area contributed by atoms with E-state index in [0.29, 0.717) is 6.42 Å². The number of nitrogens with zero attached hydrogens (tertiary/aromatic N) is 4. The number of quaternary nitrogens is 1. The van der Waals surface area contributed by atoms with Crippen LogP contribution in [0.2, 0.25) is 0 Å². The van der Waals surface area contributed by atoms with Crippen molar-refractivity contribution in [3.05, 3.63) is 10.4 Å². The van der Waals surface area contributed by atoms with Crippen LogP contribution in [0.15, 0.2) is 5.11 Å². The number of unbranched alkanes of at least 4 members (excludes halogenated alkanes) is 7. The fraction of sp³-hybridized carbons (Fsp3) is 1.00. The normalized spacial score (nSPS) is 16.1. The molecule has 0 aromatic rings. The van der Waals surface area contributed by atoms with Crippen LogP contribution >= 0.6 is 7.60 Å². The van der Waals surface area contributed by atoms with Gasteiger partial charge in [0.25, 0.3) is 0 Å². The molecule has 0 amide bonds. The van der Waals surface area contributed by atoms with Crippen LogP contribution in [0, 0.1) is 0 Å². The van der Waals surface area contributed by atoms with Gasteiger partial charge < -0.3 is 19.4 Å². The monoisotopic (exact) mass is 379 g/mol. The molecule has 148 valence electrons. The Labute approximate surface area is 151 Å². The van der Waals surface area contributed by atoms with Crippen molar-refractivity contribution in [1.29, 1.82) is 0 Å². The third-order valence-electron chi connectivity index (χ3n) is 4.27. The van der Waals surface area contributed by atoms with Crippen LogP contribution in [0.3, 0.4) is 0 Å². The number of hydrogen-bond acceptors (Lipinski definition) is 3. The van der Waals surface area contributed by atoms with Gasteiger partial charge in [0.15, 0.2) is 0 Å². The van der Waals surface area contributed by atoms with E-state index in [1.165, 1.54) is 25.7 Å². The summed E-state index contributed by atoms with van der Waals surface area (Å²) in [5.41, 5.74) is 8.78. The second-order valence-electron chi connectivity index (χ2n) is 7.86. The Balaban J connectivity index is 4.77. The number of aliphatic hydroxyl groups is 1. The lowest BCUT2D eigenvalue weighted by molar-refractivity contribution is -0.875. The predicted octanol–water partition coefficient (Wildman–Crippen LogP) is 3.77. The molecule has 0 radical (unpaired) electrons. The number of likely N-dealkylation sites (N-methyl/N-ethyl adjacent to an activating group) is 1. The van der Waals surface area contributed by atoms with Gasteiger partial charge in [0.05, 0.1) is 27.2 Å². The van der Waals surface area contributed by atoms with Crippen molar-refractivity contribution in [2.45, 2.75) is 76.1 Å². The van der Waals surface area contributed by atoms with Crippen molar-refractivity contribution >= 4 is 7.60 Å². The SMILES string of the molecule is CCCCCCCCCCC(N=[N+]=[N-])C(O)(C[N+](C)(C)C)P(=O)(O)O. The standard InChI is InChI=1S/C16H35N4O4P/c1-5-6-7-8-9-10-11-12-13-15(18-19-17)16(21,25(22,23)24)14-20(2,3)4/h15,21H,5-14H2,1-4H3,(H-,22,23,24)/p+1. The lowest BCUT2D eigenvalue weighted by Crippen LogP contribution is -2.54. The van der Waals surface area contributed by atoms with E-state index in [2.05, 4.69) is 16.9 Å². The molecule has 2 unspecified atom stereocenters. The summed E-state index contributed by atoms with van der Waals surface area (Å²) >= 11 is 0. The van der Waals surface area contributed by atoms with Gasteiger partial charge in [-0.3, -0.25) is 4.57 Å². The van der Waals surface area contributed by atoms with Crippen LogP contribution in [0.1, 0.15) is 64.7 Å². The fourth-order valence-corrected chi connectivity index (χ4v) is 4.18. The Hall–Kier alpha value is -0.620. The summed E-state index contributed by atoms with van der Waals surface area (Å²) in [7, 11) is 0.310. The Morgan fingerprint density at radius 2 is 1.56 bits per heavy atom. The summed E-state index contributed by atoms with van der Waals surface area (Å²) in [5.74, 6) is 0. The summed E-state index contributed by atoms with van der Waals surface area (Å²) in [6.45, 7) is 1.98. The molecule has 8 nitrogen and oxygen atoms in total. The highest BCUT2D eigenvalue weighted by atomic mass is 31.2. The summed E-state index contributed by atoms with van der Waals surface area (Å²) in [5, 5.41) is 11.9. The molecule has 0 aliphatic carbocycles. The van der Waals surface area contributed by atoms with Crippen molar-refractivity contribution < 1.29 is 23.9 Å². The molecular formula is C16H36N4O4P+. The number of rotatable bonds is 14. The zero-order valence-corrected chi connectivity index (χ0v) is 17.0. The highest BCUT2D eigenvalue weighted by Crippen LogP contribution is 2.53. The summed E-state index contributed by atoms with van der Waals surface area (Å²) in [6.07, 6.45) is 8.88. The van der Waals surface area contributed by atoms with Crippen molar-refractivity contribution in [2.75, 3.05) is 27.7 Å². The highest BCUT2D eigenvalue weighted by Gasteiger charge is 2.54. The van der Waals surface area contributed by atoms with Gasteiger partial charge >= 0.3 is 7.60 Å². The molecule has 2 atom stereocenters. The van der Waals surface area contributed by atoms with E-state index < -0.39 is 19.0 Å². The molecule has 0 saturated heterocycles. The van der Waals surface area contributed by atoms with E-state index in [4.69, 9.17) is 5.53 Å². The Morgan fingerprint density at radius 1 is 1.08 bits per heavy atom. The molecule has 9 heteroatoms. The molecule has 0 aliphatic rings. The van der Waals surface area contributed by atoms with Gasteiger partial charge in [0.2, 0.25) is 5.34 Å². The first-order valence-electron chi connectivity index (χ1n) is 9.10. The minimum absolute atomic E-state index is 0.149. The maximum Gasteiger partial charge on any atom is 0.363 e. The maximum atomic E-state index is 11.9.